The van der Waals surface area contributed by atoms with E-state index < -0.39 is 28.9 Å². The van der Waals surface area contributed by atoms with Gasteiger partial charge >= 0.3 is 0 Å². The molecule has 0 atom stereocenters. The first-order valence-electron chi connectivity index (χ1n) is 3.85. The Morgan fingerprint density at radius 2 is 1.86 bits per heavy atom. The molecule has 0 aromatic heterocycles. The van der Waals surface area contributed by atoms with Gasteiger partial charge in [0.25, 0.3) is 5.91 Å². The van der Waals surface area contributed by atoms with Crippen LogP contribution in [0.5, 0.6) is 0 Å². The first-order chi connectivity index (χ1) is 6.49. The zero-order chi connectivity index (χ0) is 10.9. The minimum Gasteiger partial charge on any atom is -0.355 e. The zero-order valence-electron chi connectivity index (χ0n) is 7.62. The monoisotopic (exact) mass is 203 g/mol. The van der Waals surface area contributed by atoms with Crippen LogP contribution >= 0.6 is 0 Å². The Kier molecular flexibility index (Phi) is 2.78. The fourth-order valence-corrected chi connectivity index (χ4v) is 1.02. The van der Waals surface area contributed by atoms with Crippen molar-refractivity contribution in [2.75, 3.05) is 7.05 Å². The van der Waals surface area contributed by atoms with Crippen molar-refractivity contribution in [2.24, 2.45) is 0 Å². The molecule has 1 aromatic rings. The van der Waals surface area contributed by atoms with Crippen LogP contribution in [0.4, 0.5) is 13.2 Å². The van der Waals surface area contributed by atoms with Gasteiger partial charge in [-0.25, -0.2) is 13.2 Å². The van der Waals surface area contributed by atoms with Gasteiger partial charge in [0, 0.05) is 18.7 Å². The Morgan fingerprint density at radius 3 is 2.36 bits per heavy atom. The lowest BCUT2D eigenvalue weighted by Gasteiger charge is -2.06. The first-order valence-corrected chi connectivity index (χ1v) is 3.85. The molecule has 0 saturated carbocycles. The van der Waals surface area contributed by atoms with Gasteiger partial charge in [0.15, 0.2) is 0 Å². The molecule has 76 valence electrons. The van der Waals surface area contributed by atoms with Crippen LogP contribution in [0.15, 0.2) is 6.07 Å². The Morgan fingerprint density at radius 1 is 1.29 bits per heavy atom. The topological polar surface area (TPSA) is 29.1 Å². The minimum absolute atomic E-state index is 0.370. The molecule has 0 bridgehead atoms. The summed E-state index contributed by atoms with van der Waals surface area (Å²) in [7, 11) is 1.24. The number of halogens is 3. The van der Waals surface area contributed by atoms with Gasteiger partial charge in [0.2, 0.25) is 0 Å². The fraction of sp³-hybridized carbons (Fsp3) is 0.222. The quantitative estimate of drug-likeness (QED) is 0.740. The molecule has 1 aromatic carbocycles. The highest BCUT2D eigenvalue weighted by Gasteiger charge is 2.20. The summed E-state index contributed by atoms with van der Waals surface area (Å²) in [4.78, 5) is 11.0. The molecular weight excluding hydrogens is 195 g/mol. The number of carbonyl (C=O) groups is 1. The van der Waals surface area contributed by atoms with Crippen molar-refractivity contribution in [3.8, 4) is 0 Å². The summed E-state index contributed by atoms with van der Waals surface area (Å²) in [6.45, 7) is 1.14. The molecule has 0 aliphatic heterocycles. The van der Waals surface area contributed by atoms with Crippen LogP contribution < -0.4 is 5.32 Å². The van der Waals surface area contributed by atoms with Crippen LogP contribution in [0.1, 0.15) is 15.9 Å². The average molecular weight is 203 g/mol. The maximum absolute atomic E-state index is 13.2. The molecule has 0 fully saturated rings. The van der Waals surface area contributed by atoms with Crippen molar-refractivity contribution in [1.82, 2.24) is 5.32 Å². The van der Waals surface area contributed by atoms with Crippen molar-refractivity contribution in [3.63, 3.8) is 0 Å². The first kappa shape index (κ1) is 10.6. The molecule has 0 unspecified atom stereocenters. The lowest BCUT2D eigenvalue weighted by molar-refractivity contribution is 0.0954. The molecular formula is C9H8F3NO. The highest BCUT2D eigenvalue weighted by atomic mass is 19.1. The maximum Gasteiger partial charge on any atom is 0.257 e. The highest BCUT2D eigenvalue weighted by molar-refractivity contribution is 5.94. The van der Waals surface area contributed by atoms with Gasteiger partial charge in [-0.3, -0.25) is 4.79 Å². The van der Waals surface area contributed by atoms with E-state index in [1.54, 1.807) is 0 Å². The van der Waals surface area contributed by atoms with E-state index >= 15 is 0 Å². The smallest absolute Gasteiger partial charge is 0.257 e. The molecule has 5 heteroatoms. The second-order valence-electron chi connectivity index (χ2n) is 2.73. The SMILES string of the molecule is CNC(=O)c1c(F)cc(F)c(C)c1F. The summed E-state index contributed by atoms with van der Waals surface area (Å²) in [5, 5.41) is 2.07. The largest absolute Gasteiger partial charge is 0.355 e. The molecule has 0 heterocycles. The standard InChI is InChI=1S/C9H8F3NO/c1-4-5(10)3-6(11)7(8(4)12)9(14)13-2/h3H,1-2H3,(H,13,14). The van der Waals surface area contributed by atoms with Crippen LogP contribution in [0.2, 0.25) is 0 Å². The summed E-state index contributed by atoms with van der Waals surface area (Å²) in [6, 6.07) is 0.489. The van der Waals surface area contributed by atoms with E-state index in [2.05, 4.69) is 5.32 Å². The zero-order valence-corrected chi connectivity index (χ0v) is 7.62. The predicted molar refractivity (Wildman–Crippen MR) is 44.4 cm³/mol. The number of hydrogen-bond acceptors (Lipinski definition) is 1. The van der Waals surface area contributed by atoms with Crippen LogP contribution in [-0.4, -0.2) is 13.0 Å². The molecule has 1 N–H and O–H groups in total. The summed E-state index contributed by atoms with van der Waals surface area (Å²) in [5.74, 6) is -4.29. The van der Waals surface area contributed by atoms with E-state index in [-0.39, 0.29) is 5.56 Å². The Hall–Kier alpha value is -1.52. The second-order valence-corrected chi connectivity index (χ2v) is 2.73. The van der Waals surface area contributed by atoms with E-state index in [1.165, 1.54) is 7.05 Å². The second kappa shape index (κ2) is 3.69. The number of rotatable bonds is 1. The third kappa shape index (κ3) is 1.57. The van der Waals surface area contributed by atoms with E-state index in [0.717, 1.165) is 6.92 Å². The molecule has 0 aliphatic carbocycles. The molecule has 14 heavy (non-hydrogen) atoms. The molecule has 1 rings (SSSR count). The molecule has 0 saturated heterocycles. The summed E-state index contributed by atoms with van der Waals surface area (Å²) in [5.41, 5.74) is -1.13. The van der Waals surface area contributed by atoms with Crippen molar-refractivity contribution < 1.29 is 18.0 Å². The van der Waals surface area contributed by atoms with Crippen LogP contribution in [0.3, 0.4) is 0 Å². The third-order valence-corrected chi connectivity index (χ3v) is 1.85. The molecule has 1 amide bonds. The van der Waals surface area contributed by atoms with E-state index in [9.17, 15) is 18.0 Å². The number of carbonyl (C=O) groups excluding carboxylic acids is 1. The Labute approximate surface area is 78.7 Å². The maximum atomic E-state index is 13.2. The van der Waals surface area contributed by atoms with Gasteiger partial charge < -0.3 is 5.32 Å². The van der Waals surface area contributed by atoms with Crippen molar-refractivity contribution in [1.29, 1.82) is 0 Å². The van der Waals surface area contributed by atoms with Crippen LogP contribution in [0.25, 0.3) is 0 Å². The third-order valence-electron chi connectivity index (χ3n) is 1.85. The molecule has 2 nitrogen and oxygen atoms in total. The van der Waals surface area contributed by atoms with Gasteiger partial charge in [0.05, 0.1) is 0 Å². The number of nitrogens with one attached hydrogen (secondary N) is 1. The lowest BCUT2D eigenvalue weighted by Crippen LogP contribution is -2.21. The summed E-state index contributed by atoms with van der Waals surface area (Å²) >= 11 is 0. The van der Waals surface area contributed by atoms with Gasteiger partial charge in [0.1, 0.15) is 23.0 Å². The van der Waals surface area contributed by atoms with E-state index in [1.807, 2.05) is 0 Å². The Bertz CT molecular complexity index is 390. The normalized spacial score (nSPS) is 10.1. The van der Waals surface area contributed by atoms with Gasteiger partial charge in [-0.05, 0) is 6.92 Å². The van der Waals surface area contributed by atoms with Crippen LogP contribution in [0, 0.1) is 24.4 Å². The summed E-state index contributed by atoms with van der Waals surface area (Å²) in [6.07, 6.45) is 0. The minimum atomic E-state index is -1.20. The van der Waals surface area contributed by atoms with Gasteiger partial charge in [-0.1, -0.05) is 0 Å². The number of hydrogen-bond donors (Lipinski definition) is 1. The Balaban J connectivity index is 3.44. The number of amides is 1. The van der Waals surface area contributed by atoms with E-state index in [0.29, 0.717) is 6.07 Å². The molecule has 0 radical (unpaired) electrons. The highest BCUT2D eigenvalue weighted by Crippen LogP contribution is 2.19. The molecule has 0 spiro atoms. The van der Waals surface area contributed by atoms with Crippen LogP contribution in [-0.2, 0) is 0 Å². The van der Waals surface area contributed by atoms with Crippen molar-refractivity contribution in [3.05, 3.63) is 34.6 Å². The molecule has 0 aliphatic rings. The number of benzene rings is 1. The predicted octanol–water partition coefficient (Wildman–Crippen LogP) is 1.77. The van der Waals surface area contributed by atoms with Crippen molar-refractivity contribution in [2.45, 2.75) is 6.92 Å². The lowest BCUT2D eigenvalue weighted by atomic mass is 10.1. The van der Waals surface area contributed by atoms with Crippen molar-refractivity contribution >= 4 is 5.91 Å². The average Bonchev–Trinajstić information content (AvgIpc) is 2.14. The van der Waals surface area contributed by atoms with Gasteiger partial charge in [-0.15, -0.1) is 0 Å². The summed E-state index contributed by atoms with van der Waals surface area (Å²) < 4.78 is 39.0. The van der Waals surface area contributed by atoms with E-state index in [4.69, 9.17) is 0 Å². The fourth-order valence-electron chi connectivity index (χ4n) is 1.02. The van der Waals surface area contributed by atoms with Gasteiger partial charge in [-0.2, -0.15) is 0 Å².